The molecule has 0 aliphatic heterocycles. The van der Waals surface area contributed by atoms with Gasteiger partial charge in [-0.2, -0.15) is 0 Å². The summed E-state index contributed by atoms with van der Waals surface area (Å²) in [5.41, 5.74) is 10.1. The topological polar surface area (TPSA) is 116 Å². The molecule has 0 amide bonds. The van der Waals surface area contributed by atoms with Gasteiger partial charge in [-0.05, 0) is 6.42 Å². The lowest BCUT2D eigenvalue weighted by Crippen LogP contribution is -2.29. The number of esters is 1. The summed E-state index contributed by atoms with van der Waals surface area (Å²) >= 11 is 0. The number of rotatable bonds is 7. The lowest BCUT2D eigenvalue weighted by molar-refractivity contribution is -0.142. The van der Waals surface area contributed by atoms with E-state index in [-0.39, 0.29) is 31.9 Å². The minimum absolute atomic E-state index is 0.0819. The van der Waals surface area contributed by atoms with E-state index in [9.17, 15) is 9.59 Å². The van der Waals surface area contributed by atoms with E-state index in [0.29, 0.717) is 6.42 Å². The summed E-state index contributed by atoms with van der Waals surface area (Å²) in [5.74, 6) is -0.840. The van der Waals surface area contributed by atoms with E-state index < -0.39 is 12.1 Å². The minimum Gasteiger partial charge on any atom is -0.465 e. The Morgan fingerprint density at radius 2 is 2.00 bits per heavy atom. The van der Waals surface area contributed by atoms with Crippen LogP contribution in [0.2, 0.25) is 0 Å². The highest BCUT2D eigenvalue weighted by Crippen LogP contribution is 1.96. The molecule has 0 bridgehead atoms. The molecule has 82 valence electrons. The molecule has 0 aromatic carbocycles. The van der Waals surface area contributed by atoms with Crippen molar-refractivity contribution < 1.29 is 19.4 Å². The van der Waals surface area contributed by atoms with Crippen LogP contribution in [-0.2, 0) is 14.3 Å². The van der Waals surface area contributed by atoms with Crippen molar-refractivity contribution in [1.29, 1.82) is 0 Å². The molecule has 14 heavy (non-hydrogen) atoms. The van der Waals surface area contributed by atoms with Gasteiger partial charge in [-0.1, -0.05) is 0 Å². The SMILES string of the molecule is NCC(=O)OCCCC(=O)C(O)CN. The first-order valence-electron chi connectivity index (χ1n) is 4.38. The van der Waals surface area contributed by atoms with E-state index in [1.54, 1.807) is 0 Å². The summed E-state index contributed by atoms with van der Waals surface area (Å²) < 4.78 is 4.63. The zero-order valence-electron chi connectivity index (χ0n) is 7.94. The lowest BCUT2D eigenvalue weighted by atomic mass is 10.1. The fourth-order valence-corrected chi connectivity index (χ4v) is 0.789. The van der Waals surface area contributed by atoms with E-state index in [1.807, 2.05) is 0 Å². The Balaban J connectivity index is 3.45. The highest BCUT2D eigenvalue weighted by atomic mass is 16.5. The Hall–Kier alpha value is -0.980. The number of aliphatic hydroxyl groups is 1. The number of nitrogens with two attached hydrogens (primary N) is 2. The van der Waals surface area contributed by atoms with Crippen LogP contribution in [0.3, 0.4) is 0 Å². The molecule has 0 aromatic rings. The molecule has 0 aromatic heterocycles. The highest BCUT2D eigenvalue weighted by molar-refractivity contribution is 5.83. The summed E-state index contributed by atoms with van der Waals surface area (Å²) in [7, 11) is 0. The summed E-state index contributed by atoms with van der Waals surface area (Å²) in [6.45, 7) is -0.111. The number of hydrogen-bond donors (Lipinski definition) is 3. The third-order valence-corrected chi connectivity index (χ3v) is 1.59. The Labute approximate surface area is 82.2 Å². The normalized spacial score (nSPS) is 12.2. The number of ketones is 1. The van der Waals surface area contributed by atoms with E-state index in [0.717, 1.165) is 0 Å². The fourth-order valence-electron chi connectivity index (χ4n) is 0.789. The van der Waals surface area contributed by atoms with Crippen LogP contribution in [0.1, 0.15) is 12.8 Å². The van der Waals surface area contributed by atoms with E-state index in [2.05, 4.69) is 4.74 Å². The van der Waals surface area contributed by atoms with Crippen LogP contribution in [0.15, 0.2) is 0 Å². The molecule has 6 heteroatoms. The Morgan fingerprint density at radius 1 is 1.36 bits per heavy atom. The van der Waals surface area contributed by atoms with Crippen LogP contribution >= 0.6 is 0 Å². The lowest BCUT2D eigenvalue weighted by Gasteiger charge is -2.06. The standard InChI is InChI=1S/C8H16N2O4/c9-4-7(12)6(11)2-1-3-14-8(13)5-10/h7,12H,1-5,9-10H2. The molecule has 0 radical (unpaired) electrons. The number of aliphatic hydroxyl groups excluding tert-OH is 1. The number of hydrogen-bond acceptors (Lipinski definition) is 6. The van der Waals surface area contributed by atoms with Crippen LogP contribution in [0.4, 0.5) is 0 Å². The minimum atomic E-state index is -1.11. The molecule has 0 rings (SSSR count). The van der Waals surface area contributed by atoms with Gasteiger partial charge in [0.25, 0.3) is 0 Å². The maximum absolute atomic E-state index is 11.0. The van der Waals surface area contributed by atoms with Crippen LogP contribution in [-0.4, -0.2) is 42.7 Å². The van der Waals surface area contributed by atoms with Crippen molar-refractivity contribution in [2.24, 2.45) is 11.5 Å². The highest BCUT2D eigenvalue weighted by Gasteiger charge is 2.12. The molecule has 0 fully saturated rings. The Morgan fingerprint density at radius 3 is 2.50 bits per heavy atom. The largest absolute Gasteiger partial charge is 0.465 e. The Kier molecular flexibility index (Phi) is 6.91. The van der Waals surface area contributed by atoms with Crippen LogP contribution in [0.5, 0.6) is 0 Å². The molecule has 0 aliphatic carbocycles. The maximum Gasteiger partial charge on any atom is 0.319 e. The van der Waals surface area contributed by atoms with Crippen molar-refractivity contribution in [2.75, 3.05) is 19.7 Å². The first kappa shape index (κ1) is 13.0. The Bertz CT molecular complexity index is 196. The predicted molar refractivity (Wildman–Crippen MR) is 49.3 cm³/mol. The van der Waals surface area contributed by atoms with Gasteiger partial charge in [0.15, 0.2) is 5.78 Å². The second-order valence-corrected chi connectivity index (χ2v) is 2.75. The van der Waals surface area contributed by atoms with Gasteiger partial charge in [-0.15, -0.1) is 0 Å². The summed E-state index contributed by atoms with van der Waals surface area (Å²) in [6.07, 6.45) is -0.585. The molecule has 0 saturated carbocycles. The van der Waals surface area contributed by atoms with Crippen molar-refractivity contribution >= 4 is 11.8 Å². The smallest absolute Gasteiger partial charge is 0.319 e. The number of ether oxygens (including phenoxy) is 1. The van der Waals surface area contributed by atoms with E-state index in [4.69, 9.17) is 16.6 Å². The predicted octanol–water partition coefficient (Wildman–Crippen LogP) is -1.84. The van der Waals surface area contributed by atoms with Gasteiger partial charge in [0, 0.05) is 13.0 Å². The van der Waals surface area contributed by atoms with Gasteiger partial charge in [0.2, 0.25) is 0 Å². The van der Waals surface area contributed by atoms with Crippen molar-refractivity contribution in [3.05, 3.63) is 0 Å². The van der Waals surface area contributed by atoms with Gasteiger partial charge >= 0.3 is 5.97 Å². The fraction of sp³-hybridized carbons (Fsp3) is 0.750. The molecule has 0 aliphatic rings. The zero-order chi connectivity index (χ0) is 11.0. The number of carbonyl (C=O) groups excluding carboxylic acids is 2. The van der Waals surface area contributed by atoms with Crippen molar-refractivity contribution in [2.45, 2.75) is 18.9 Å². The van der Waals surface area contributed by atoms with Crippen LogP contribution in [0.25, 0.3) is 0 Å². The van der Waals surface area contributed by atoms with E-state index >= 15 is 0 Å². The van der Waals surface area contributed by atoms with Gasteiger partial charge in [0.1, 0.15) is 6.10 Å². The van der Waals surface area contributed by atoms with Crippen LogP contribution in [0, 0.1) is 0 Å². The monoisotopic (exact) mass is 204 g/mol. The summed E-state index contributed by atoms with van der Waals surface area (Å²) in [5, 5.41) is 8.98. The average Bonchev–Trinajstić information content (AvgIpc) is 2.22. The molecule has 5 N–H and O–H groups in total. The molecule has 0 saturated heterocycles. The first-order chi connectivity index (χ1) is 6.61. The summed E-state index contributed by atoms with van der Waals surface area (Å²) in [6, 6.07) is 0. The third kappa shape index (κ3) is 5.63. The number of Topliss-reactive ketones (excluding diaryl/α,β-unsaturated/α-hetero) is 1. The van der Waals surface area contributed by atoms with Gasteiger partial charge in [0.05, 0.1) is 13.2 Å². The molecule has 0 heterocycles. The van der Waals surface area contributed by atoms with E-state index in [1.165, 1.54) is 0 Å². The number of carbonyl (C=O) groups is 2. The van der Waals surface area contributed by atoms with Gasteiger partial charge in [-0.3, -0.25) is 9.59 Å². The van der Waals surface area contributed by atoms with Gasteiger partial charge < -0.3 is 21.3 Å². The molecule has 0 spiro atoms. The average molecular weight is 204 g/mol. The molecule has 6 nitrogen and oxygen atoms in total. The van der Waals surface area contributed by atoms with Crippen molar-refractivity contribution in [1.82, 2.24) is 0 Å². The molecule has 1 unspecified atom stereocenters. The quantitative estimate of drug-likeness (QED) is 0.331. The van der Waals surface area contributed by atoms with Crippen LogP contribution < -0.4 is 11.5 Å². The van der Waals surface area contributed by atoms with Crippen molar-refractivity contribution in [3.8, 4) is 0 Å². The molecule has 1 atom stereocenters. The van der Waals surface area contributed by atoms with Crippen molar-refractivity contribution in [3.63, 3.8) is 0 Å². The third-order valence-electron chi connectivity index (χ3n) is 1.59. The molecular weight excluding hydrogens is 188 g/mol. The summed E-state index contributed by atoms with van der Waals surface area (Å²) in [4.78, 5) is 21.5. The second kappa shape index (κ2) is 7.43. The molecular formula is C8H16N2O4. The maximum atomic E-state index is 11.0. The first-order valence-corrected chi connectivity index (χ1v) is 4.38. The second-order valence-electron chi connectivity index (χ2n) is 2.75. The zero-order valence-corrected chi connectivity index (χ0v) is 7.94. The van der Waals surface area contributed by atoms with Gasteiger partial charge in [-0.25, -0.2) is 0 Å².